The van der Waals surface area contributed by atoms with Gasteiger partial charge in [-0.15, -0.1) is 0 Å². The number of urea groups is 1. The summed E-state index contributed by atoms with van der Waals surface area (Å²) in [5.41, 5.74) is 1.48. The molecule has 3 aromatic carbocycles. The monoisotopic (exact) mass is 613 g/mol. The second-order valence-electron chi connectivity index (χ2n) is 9.45. The molecule has 2 atom stereocenters. The van der Waals surface area contributed by atoms with E-state index in [1.807, 2.05) is 0 Å². The number of benzene rings is 3. The molecule has 0 aliphatic rings. The molecule has 0 spiro atoms. The van der Waals surface area contributed by atoms with Gasteiger partial charge >= 0.3 is 12.2 Å². The van der Waals surface area contributed by atoms with E-state index in [1.165, 1.54) is 17.5 Å². The van der Waals surface area contributed by atoms with Crippen molar-refractivity contribution in [1.82, 2.24) is 9.97 Å². The van der Waals surface area contributed by atoms with E-state index in [9.17, 15) is 27.3 Å². The highest BCUT2D eigenvalue weighted by molar-refractivity contribution is 7.99. The number of halogens is 3. The van der Waals surface area contributed by atoms with Crippen molar-refractivity contribution in [3.05, 3.63) is 84.6 Å². The van der Waals surface area contributed by atoms with Crippen LogP contribution < -0.4 is 26.4 Å². The normalized spacial score (nSPS) is 13.4. The van der Waals surface area contributed by atoms with Crippen LogP contribution in [0.1, 0.15) is 19.4 Å². The van der Waals surface area contributed by atoms with Gasteiger partial charge in [-0.1, -0.05) is 18.2 Å². The Hall–Kier alpha value is -4.66. The number of hydrogen-bond acceptors (Lipinski definition) is 7. The van der Waals surface area contributed by atoms with Crippen molar-refractivity contribution in [2.45, 2.75) is 31.0 Å². The molecule has 10 nitrogen and oxygen atoms in total. The Morgan fingerprint density at radius 1 is 1.02 bits per heavy atom. The lowest BCUT2D eigenvalue weighted by molar-refractivity contribution is -0.137. The molecule has 1 aromatic heterocycles. The van der Waals surface area contributed by atoms with Gasteiger partial charge in [-0.25, -0.2) is 14.0 Å². The molecule has 43 heavy (non-hydrogen) atoms. The Labute approximate surface area is 246 Å². The minimum atomic E-state index is -4.53. The molecule has 0 aliphatic carbocycles. The van der Waals surface area contributed by atoms with Gasteiger partial charge in [-0.3, -0.25) is 5.14 Å². The van der Waals surface area contributed by atoms with E-state index < -0.39 is 27.5 Å². The lowest BCUT2D eigenvalue weighted by atomic mass is 10.1. The van der Waals surface area contributed by atoms with E-state index in [-0.39, 0.29) is 24.3 Å². The number of aliphatic hydroxyl groups is 1. The van der Waals surface area contributed by atoms with Gasteiger partial charge in [0.25, 0.3) is 0 Å². The summed E-state index contributed by atoms with van der Waals surface area (Å²) < 4.78 is 51.2. The van der Waals surface area contributed by atoms with Gasteiger partial charge in [-0.2, -0.15) is 18.2 Å². The van der Waals surface area contributed by atoms with Crippen LogP contribution in [0.3, 0.4) is 0 Å². The Kier molecular flexibility index (Phi) is 9.53. The SMILES string of the molecule is CC=S(N)(=O)c1ccc(Nc2ncc(-c3ccc(NC(=O)Nc4cccc(C(F)(F)F)c4)cc3)c(NC(C)CO)n2)cc1. The number of aromatic nitrogens is 2. The summed E-state index contributed by atoms with van der Waals surface area (Å²) in [5, 5.41) is 28.1. The van der Waals surface area contributed by atoms with Crippen LogP contribution in [0.4, 0.5) is 46.8 Å². The maximum Gasteiger partial charge on any atom is 0.416 e. The van der Waals surface area contributed by atoms with Crippen LogP contribution >= 0.6 is 0 Å². The molecular formula is C29H30F3N7O3S. The fourth-order valence-electron chi connectivity index (χ4n) is 3.86. The number of alkyl halides is 3. The van der Waals surface area contributed by atoms with Crippen molar-refractivity contribution in [1.29, 1.82) is 0 Å². The third-order valence-corrected chi connectivity index (χ3v) is 7.89. The van der Waals surface area contributed by atoms with Gasteiger partial charge in [0.15, 0.2) is 0 Å². The zero-order chi connectivity index (χ0) is 31.2. The summed E-state index contributed by atoms with van der Waals surface area (Å²) in [6, 6.07) is 16.7. The average molecular weight is 614 g/mol. The number of carbonyl (C=O) groups excluding carboxylic acids is 1. The van der Waals surface area contributed by atoms with Crippen LogP contribution in [0.25, 0.3) is 11.1 Å². The maximum absolute atomic E-state index is 13.0. The third kappa shape index (κ3) is 8.22. The largest absolute Gasteiger partial charge is 0.416 e. The highest BCUT2D eigenvalue weighted by Crippen LogP contribution is 2.31. The number of nitrogens with one attached hydrogen (secondary N) is 4. The van der Waals surface area contributed by atoms with E-state index >= 15 is 0 Å². The Morgan fingerprint density at radius 3 is 2.30 bits per heavy atom. The van der Waals surface area contributed by atoms with Gasteiger partial charge in [0.1, 0.15) is 5.82 Å². The van der Waals surface area contributed by atoms with Crippen molar-refractivity contribution in [3.63, 3.8) is 0 Å². The number of rotatable bonds is 9. The van der Waals surface area contributed by atoms with Crippen LogP contribution in [0.2, 0.25) is 0 Å². The molecule has 0 saturated carbocycles. The van der Waals surface area contributed by atoms with Crippen LogP contribution in [0, 0.1) is 0 Å². The van der Waals surface area contributed by atoms with Crippen molar-refractivity contribution in [2.75, 3.05) is 27.9 Å². The lowest BCUT2D eigenvalue weighted by Crippen LogP contribution is -2.21. The number of carbonyl (C=O) groups is 1. The third-order valence-electron chi connectivity index (χ3n) is 6.18. The molecule has 2 amide bonds. The van der Waals surface area contributed by atoms with E-state index in [0.717, 1.165) is 12.1 Å². The highest BCUT2D eigenvalue weighted by Gasteiger charge is 2.30. The lowest BCUT2D eigenvalue weighted by Gasteiger charge is -2.17. The molecule has 1 heterocycles. The predicted molar refractivity (Wildman–Crippen MR) is 164 cm³/mol. The van der Waals surface area contributed by atoms with E-state index in [2.05, 4.69) is 31.2 Å². The van der Waals surface area contributed by atoms with Crippen molar-refractivity contribution >= 4 is 49.9 Å². The molecule has 0 saturated heterocycles. The molecule has 4 rings (SSSR count). The zero-order valence-electron chi connectivity index (χ0n) is 23.1. The average Bonchev–Trinajstić information content (AvgIpc) is 2.98. The van der Waals surface area contributed by atoms with Gasteiger partial charge in [0, 0.05) is 39.8 Å². The van der Waals surface area contributed by atoms with Gasteiger partial charge < -0.3 is 26.4 Å². The quantitative estimate of drug-likeness (QED) is 0.133. The first-order chi connectivity index (χ1) is 20.4. The van der Waals surface area contributed by atoms with Crippen molar-refractivity contribution in [3.8, 4) is 11.1 Å². The Balaban J connectivity index is 1.50. The summed E-state index contributed by atoms with van der Waals surface area (Å²) in [4.78, 5) is 21.9. The Bertz CT molecular complexity index is 1710. The molecule has 0 aliphatic heterocycles. The molecule has 0 radical (unpaired) electrons. The van der Waals surface area contributed by atoms with Crippen molar-refractivity contribution in [2.24, 2.45) is 5.14 Å². The highest BCUT2D eigenvalue weighted by atomic mass is 32.2. The summed E-state index contributed by atoms with van der Waals surface area (Å²) >= 11 is 0. The van der Waals surface area contributed by atoms with Gasteiger partial charge in [-0.05, 0) is 79.4 Å². The molecule has 4 aromatic rings. The van der Waals surface area contributed by atoms with E-state index in [4.69, 9.17) is 5.14 Å². The first-order valence-corrected chi connectivity index (χ1v) is 14.6. The maximum atomic E-state index is 13.0. The minimum Gasteiger partial charge on any atom is -0.394 e. The second kappa shape index (κ2) is 13.1. The molecule has 7 N–H and O–H groups in total. The first-order valence-electron chi connectivity index (χ1n) is 13.0. The number of nitrogens with two attached hydrogens (primary N) is 1. The molecule has 226 valence electrons. The standard InChI is InChI=1S/C29H30F3N7O3S/c1-3-43(33,42)24-13-11-21(12-14-24)36-27-34-16-25(26(39-27)35-18(2)17-40)19-7-9-22(10-8-19)37-28(41)38-23-6-4-5-20(15-23)29(30,31)32/h3-16,18,40H,17H2,1-2H3,(H2,33,42)(H2,37,38,41)(H2,34,35,36,39). The Morgan fingerprint density at radius 2 is 1.67 bits per heavy atom. The zero-order valence-corrected chi connectivity index (χ0v) is 24.0. The number of hydrogen-bond donors (Lipinski definition) is 6. The molecule has 0 bridgehead atoms. The molecule has 2 unspecified atom stereocenters. The fraction of sp³-hybridized carbons (Fsp3) is 0.172. The number of amides is 2. The topological polar surface area (TPSA) is 154 Å². The minimum absolute atomic E-state index is 0.00192. The molecule has 14 heteroatoms. The van der Waals surface area contributed by atoms with Gasteiger partial charge in [0.05, 0.1) is 21.9 Å². The predicted octanol–water partition coefficient (Wildman–Crippen LogP) is 5.68. The molecular weight excluding hydrogens is 583 g/mol. The van der Waals surface area contributed by atoms with Crippen molar-refractivity contribution < 1.29 is 27.3 Å². The number of aliphatic hydroxyl groups excluding tert-OH is 1. The summed E-state index contributed by atoms with van der Waals surface area (Å²) in [6.45, 7) is 3.27. The second-order valence-corrected chi connectivity index (χ2v) is 11.7. The van der Waals surface area contributed by atoms with E-state index in [0.29, 0.717) is 33.2 Å². The van der Waals surface area contributed by atoms with E-state index in [1.54, 1.807) is 68.6 Å². The molecule has 0 fully saturated rings. The van der Waals surface area contributed by atoms with Crippen LogP contribution in [0.5, 0.6) is 0 Å². The summed E-state index contributed by atoms with van der Waals surface area (Å²) in [6.07, 6.45) is -2.93. The smallest absolute Gasteiger partial charge is 0.394 e. The van der Waals surface area contributed by atoms with Crippen LogP contribution in [0.15, 0.2) is 83.9 Å². The fourth-order valence-corrected chi connectivity index (χ4v) is 4.69. The van der Waals surface area contributed by atoms with Crippen LogP contribution in [-0.2, 0) is 15.9 Å². The van der Waals surface area contributed by atoms with Gasteiger partial charge in [0.2, 0.25) is 5.95 Å². The number of anilines is 5. The van der Waals surface area contributed by atoms with Crippen LogP contribution in [-0.4, -0.2) is 43.3 Å². The first kappa shape index (κ1) is 31.3. The summed E-state index contributed by atoms with van der Waals surface area (Å²) in [5.74, 6) is 0.702. The summed E-state index contributed by atoms with van der Waals surface area (Å²) in [7, 11) is -2.71. The number of nitrogens with zero attached hydrogens (tertiary/aromatic N) is 2.